The number of aryl methyl sites for hydroxylation is 1. The van der Waals surface area contributed by atoms with Crippen LogP contribution in [0.15, 0.2) is 35.1 Å². The van der Waals surface area contributed by atoms with Gasteiger partial charge in [0.2, 0.25) is 10.1 Å². The number of nitrogens with zero attached hydrogens (tertiary/aromatic N) is 5. The van der Waals surface area contributed by atoms with Crippen LogP contribution < -0.4 is 10.5 Å². The highest BCUT2D eigenvalue weighted by Crippen LogP contribution is 2.24. The molecule has 3 heterocycles. The normalized spacial score (nSPS) is 14.8. The van der Waals surface area contributed by atoms with E-state index in [9.17, 15) is 4.79 Å². The fourth-order valence-corrected chi connectivity index (χ4v) is 4.55. The highest BCUT2D eigenvalue weighted by Gasteiger charge is 2.18. The van der Waals surface area contributed by atoms with Crippen LogP contribution in [0.5, 0.6) is 0 Å². The molecule has 148 valence electrons. The van der Waals surface area contributed by atoms with E-state index < -0.39 is 0 Å². The quantitative estimate of drug-likeness (QED) is 0.589. The molecule has 1 aliphatic rings. The number of hydrogen-bond donors (Lipinski definition) is 0. The summed E-state index contributed by atoms with van der Waals surface area (Å²) in [5, 5.41) is 6.15. The molecule has 3 aromatic rings. The Morgan fingerprint density at radius 3 is 2.68 bits per heavy atom. The number of hydrogen-bond acceptors (Lipinski definition) is 6. The number of rotatable bonds is 7. The maximum absolute atomic E-state index is 12.4. The molecule has 6 nitrogen and oxygen atoms in total. The van der Waals surface area contributed by atoms with Crippen molar-refractivity contribution in [3.8, 4) is 0 Å². The van der Waals surface area contributed by atoms with E-state index in [2.05, 4.69) is 19.9 Å². The van der Waals surface area contributed by atoms with Gasteiger partial charge in [0.25, 0.3) is 5.56 Å². The summed E-state index contributed by atoms with van der Waals surface area (Å²) in [6.45, 7) is 6.90. The zero-order chi connectivity index (χ0) is 19.5. The Morgan fingerprint density at radius 1 is 1.21 bits per heavy atom. The summed E-state index contributed by atoms with van der Waals surface area (Å²) in [4.78, 5) is 22.3. The second kappa shape index (κ2) is 8.59. The summed E-state index contributed by atoms with van der Waals surface area (Å²) in [5.74, 6) is 0. The molecule has 0 bridgehead atoms. The first-order valence-electron chi connectivity index (χ1n) is 9.74. The Balaban J connectivity index is 1.62. The zero-order valence-electron chi connectivity index (χ0n) is 16.0. The summed E-state index contributed by atoms with van der Waals surface area (Å²) in [6.07, 6.45) is 3.29. The van der Waals surface area contributed by atoms with Crippen LogP contribution in [-0.4, -0.2) is 45.7 Å². The molecule has 1 aliphatic heterocycles. The van der Waals surface area contributed by atoms with Gasteiger partial charge in [-0.1, -0.05) is 42.0 Å². The van der Waals surface area contributed by atoms with Gasteiger partial charge in [-0.3, -0.25) is 4.79 Å². The molecule has 28 heavy (non-hydrogen) atoms. The highest BCUT2D eigenvalue weighted by molar-refractivity contribution is 7.20. The van der Waals surface area contributed by atoms with E-state index in [1.165, 1.54) is 34.3 Å². The van der Waals surface area contributed by atoms with Crippen LogP contribution in [0.1, 0.15) is 31.0 Å². The molecule has 0 aliphatic carbocycles. The van der Waals surface area contributed by atoms with E-state index in [1.807, 2.05) is 31.2 Å². The molecule has 1 aromatic carbocycles. The first-order chi connectivity index (χ1) is 13.6. The van der Waals surface area contributed by atoms with Gasteiger partial charge in [0.1, 0.15) is 0 Å². The van der Waals surface area contributed by atoms with Crippen molar-refractivity contribution in [2.75, 3.05) is 31.1 Å². The third kappa shape index (κ3) is 4.37. The van der Waals surface area contributed by atoms with Gasteiger partial charge in [0, 0.05) is 36.4 Å². The third-order valence-corrected chi connectivity index (χ3v) is 6.31. The van der Waals surface area contributed by atoms with Crippen molar-refractivity contribution < 1.29 is 0 Å². The number of fused-ring (bicyclic) bond motifs is 1. The van der Waals surface area contributed by atoms with Crippen molar-refractivity contribution in [2.45, 2.75) is 32.7 Å². The average Bonchev–Trinajstić information content (AvgIpc) is 3.36. The van der Waals surface area contributed by atoms with Gasteiger partial charge in [0.05, 0.1) is 0 Å². The van der Waals surface area contributed by atoms with Crippen LogP contribution in [0.3, 0.4) is 0 Å². The van der Waals surface area contributed by atoms with Crippen molar-refractivity contribution in [2.24, 2.45) is 0 Å². The van der Waals surface area contributed by atoms with Crippen molar-refractivity contribution in [1.29, 1.82) is 0 Å². The Bertz CT molecular complexity index is 994. The van der Waals surface area contributed by atoms with Gasteiger partial charge in [-0.15, -0.1) is 5.10 Å². The third-order valence-electron chi connectivity index (χ3n) is 5.09. The topological polar surface area (TPSA) is 53.7 Å². The van der Waals surface area contributed by atoms with Crippen LogP contribution >= 0.6 is 22.9 Å². The van der Waals surface area contributed by atoms with Gasteiger partial charge < -0.3 is 9.80 Å². The van der Waals surface area contributed by atoms with Gasteiger partial charge in [0.15, 0.2) is 0 Å². The van der Waals surface area contributed by atoms with E-state index >= 15 is 0 Å². The van der Waals surface area contributed by atoms with E-state index in [0.717, 1.165) is 55.0 Å². The molecule has 2 aromatic heterocycles. The van der Waals surface area contributed by atoms with Crippen LogP contribution in [0, 0.1) is 0 Å². The Kier molecular flexibility index (Phi) is 5.94. The second-order valence-corrected chi connectivity index (χ2v) is 8.49. The SMILES string of the molecule is CCc1cc(=O)n2nc(N(CCN3CCCC3)Cc3ccc(Cl)cc3)sc2n1. The second-order valence-electron chi connectivity index (χ2n) is 7.12. The molecular weight excluding hydrogens is 394 g/mol. The summed E-state index contributed by atoms with van der Waals surface area (Å²) in [6, 6.07) is 9.47. The number of aromatic nitrogens is 3. The minimum atomic E-state index is -0.115. The Hall–Kier alpha value is -1.96. The Labute approximate surface area is 173 Å². The molecular formula is C20H24ClN5OS. The minimum absolute atomic E-state index is 0.115. The summed E-state index contributed by atoms with van der Waals surface area (Å²) in [5.41, 5.74) is 1.86. The first kappa shape index (κ1) is 19.4. The largest absolute Gasteiger partial charge is 0.341 e. The summed E-state index contributed by atoms with van der Waals surface area (Å²) < 4.78 is 1.42. The fraction of sp³-hybridized carbons (Fsp3) is 0.450. The number of likely N-dealkylation sites (tertiary alicyclic amines) is 1. The lowest BCUT2D eigenvalue weighted by molar-refractivity contribution is 0.344. The van der Waals surface area contributed by atoms with Gasteiger partial charge in [-0.25, -0.2) is 4.98 Å². The molecule has 8 heteroatoms. The molecule has 0 atom stereocenters. The number of anilines is 1. The number of halogens is 1. The van der Waals surface area contributed by atoms with Crippen LogP contribution in [0.4, 0.5) is 5.13 Å². The molecule has 0 amide bonds. The molecule has 4 rings (SSSR count). The number of benzene rings is 1. The molecule has 0 N–H and O–H groups in total. The van der Waals surface area contributed by atoms with Gasteiger partial charge >= 0.3 is 0 Å². The van der Waals surface area contributed by atoms with E-state index in [-0.39, 0.29) is 5.56 Å². The highest BCUT2D eigenvalue weighted by atomic mass is 35.5. The minimum Gasteiger partial charge on any atom is -0.341 e. The molecule has 1 saturated heterocycles. The fourth-order valence-electron chi connectivity index (χ4n) is 3.48. The lowest BCUT2D eigenvalue weighted by atomic mass is 10.2. The maximum atomic E-state index is 12.4. The van der Waals surface area contributed by atoms with Crippen molar-refractivity contribution >= 4 is 33.0 Å². The summed E-state index contributed by atoms with van der Waals surface area (Å²) >= 11 is 7.51. The molecule has 1 fully saturated rings. The lowest BCUT2D eigenvalue weighted by Gasteiger charge is -2.24. The van der Waals surface area contributed by atoms with Crippen molar-refractivity contribution in [1.82, 2.24) is 19.5 Å². The Morgan fingerprint density at radius 2 is 1.96 bits per heavy atom. The molecule has 0 saturated carbocycles. The first-order valence-corrected chi connectivity index (χ1v) is 10.9. The molecule has 0 radical (unpaired) electrons. The predicted molar refractivity (Wildman–Crippen MR) is 115 cm³/mol. The molecule has 0 unspecified atom stereocenters. The zero-order valence-corrected chi connectivity index (χ0v) is 17.5. The van der Waals surface area contributed by atoms with Crippen LogP contribution in [0.25, 0.3) is 4.96 Å². The maximum Gasteiger partial charge on any atom is 0.275 e. The smallest absolute Gasteiger partial charge is 0.275 e. The van der Waals surface area contributed by atoms with Crippen molar-refractivity contribution in [3.05, 3.63) is 57.0 Å². The molecule has 0 spiro atoms. The van der Waals surface area contributed by atoms with Gasteiger partial charge in [-0.05, 0) is 50.0 Å². The van der Waals surface area contributed by atoms with E-state index in [4.69, 9.17) is 11.6 Å². The predicted octanol–water partition coefficient (Wildman–Crippen LogP) is 3.47. The standard InChI is InChI=1S/C20H24ClN5OS/c1-2-17-13-18(27)26-19(22-17)28-20(23-26)25(12-11-24-9-3-4-10-24)14-15-5-7-16(21)8-6-15/h5-8,13H,2-4,9-12,14H2,1H3. The van der Waals surface area contributed by atoms with E-state index in [1.54, 1.807) is 6.07 Å². The van der Waals surface area contributed by atoms with Gasteiger partial charge in [-0.2, -0.15) is 4.52 Å². The van der Waals surface area contributed by atoms with Crippen LogP contribution in [-0.2, 0) is 13.0 Å². The average molecular weight is 418 g/mol. The van der Waals surface area contributed by atoms with Crippen LogP contribution in [0.2, 0.25) is 5.02 Å². The lowest BCUT2D eigenvalue weighted by Crippen LogP contribution is -2.33. The van der Waals surface area contributed by atoms with Crippen molar-refractivity contribution in [3.63, 3.8) is 0 Å². The monoisotopic (exact) mass is 417 g/mol. The summed E-state index contributed by atoms with van der Waals surface area (Å²) in [7, 11) is 0. The van der Waals surface area contributed by atoms with E-state index in [0.29, 0.717) is 4.96 Å².